The fourth-order valence-electron chi connectivity index (χ4n) is 1.42. The maximum absolute atomic E-state index is 3.93. The summed E-state index contributed by atoms with van der Waals surface area (Å²) in [5.41, 5.74) is 1.48. The monoisotopic (exact) mass is 141 g/mol. The predicted molar refractivity (Wildman–Crippen MR) is 47.1 cm³/mol. The Bertz CT molecular complexity index is 119. The Kier molecular flexibility index (Phi) is 3.10. The lowest BCUT2D eigenvalue weighted by atomic mass is 9.83. The molecule has 1 N–H and O–H groups in total. The number of nitrogens with one attached hydrogen (secondary N) is 1. The standard InChI is InChI=1S/C9H19N/c1-7(2)8(10-6)9(3,4)5/h8,10H,1H2,2-6H3. The second-order valence-corrected chi connectivity index (χ2v) is 3.93. The molecule has 0 aromatic carbocycles. The Balaban J connectivity index is 4.22. The van der Waals surface area contributed by atoms with Gasteiger partial charge in [-0.25, -0.2) is 0 Å². The van der Waals surface area contributed by atoms with Crippen molar-refractivity contribution in [2.45, 2.75) is 33.7 Å². The van der Waals surface area contributed by atoms with Gasteiger partial charge in [-0.1, -0.05) is 32.9 Å². The van der Waals surface area contributed by atoms with E-state index in [2.05, 4.69) is 39.6 Å². The third-order valence-electron chi connectivity index (χ3n) is 1.65. The molecule has 0 aliphatic heterocycles. The number of hydrogen-bond donors (Lipinski definition) is 1. The molecule has 1 unspecified atom stereocenters. The molecule has 0 saturated carbocycles. The Morgan fingerprint density at radius 3 is 1.80 bits per heavy atom. The second kappa shape index (κ2) is 3.20. The molecule has 0 heterocycles. The highest BCUT2D eigenvalue weighted by Gasteiger charge is 2.22. The van der Waals surface area contributed by atoms with Crippen molar-refractivity contribution >= 4 is 0 Å². The van der Waals surface area contributed by atoms with Gasteiger partial charge in [-0.15, -0.1) is 0 Å². The molecule has 10 heavy (non-hydrogen) atoms. The molecule has 0 saturated heterocycles. The van der Waals surface area contributed by atoms with Gasteiger partial charge in [0.05, 0.1) is 0 Å². The second-order valence-electron chi connectivity index (χ2n) is 3.93. The summed E-state index contributed by atoms with van der Waals surface area (Å²) in [6.45, 7) is 12.6. The highest BCUT2D eigenvalue weighted by molar-refractivity contribution is 5.06. The van der Waals surface area contributed by atoms with Gasteiger partial charge >= 0.3 is 0 Å². The number of likely N-dealkylation sites (N-methyl/N-ethyl adjacent to an activating group) is 1. The van der Waals surface area contributed by atoms with E-state index in [0.717, 1.165) is 0 Å². The molecule has 0 aromatic rings. The van der Waals surface area contributed by atoms with Crippen LogP contribution in [0.4, 0.5) is 0 Å². The number of rotatable bonds is 2. The molecule has 0 radical (unpaired) electrons. The van der Waals surface area contributed by atoms with Crippen LogP contribution in [0.5, 0.6) is 0 Å². The number of hydrogen-bond acceptors (Lipinski definition) is 1. The van der Waals surface area contributed by atoms with Crippen molar-refractivity contribution in [3.8, 4) is 0 Å². The van der Waals surface area contributed by atoms with E-state index >= 15 is 0 Å². The van der Waals surface area contributed by atoms with Gasteiger partial charge in [0.25, 0.3) is 0 Å². The van der Waals surface area contributed by atoms with E-state index < -0.39 is 0 Å². The van der Waals surface area contributed by atoms with Gasteiger partial charge in [0.1, 0.15) is 0 Å². The lowest BCUT2D eigenvalue weighted by Crippen LogP contribution is -2.38. The van der Waals surface area contributed by atoms with Crippen LogP contribution in [0.1, 0.15) is 27.7 Å². The fourth-order valence-corrected chi connectivity index (χ4v) is 1.42. The van der Waals surface area contributed by atoms with Crippen molar-refractivity contribution in [3.63, 3.8) is 0 Å². The van der Waals surface area contributed by atoms with Gasteiger partial charge in [-0.3, -0.25) is 0 Å². The van der Waals surface area contributed by atoms with Crippen LogP contribution in [0, 0.1) is 5.41 Å². The lowest BCUT2D eigenvalue weighted by Gasteiger charge is -2.30. The van der Waals surface area contributed by atoms with E-state index in [9.17, 15) is 0 Å². The Morgan fingerprint density at radius 2 is 1.80 bits per heavy atom. The minimum atomic E-state index is 0.278. The van der Waals surface area contributed by atoms with Crippen LogP contribution in [0.2, 0.25) is 0 Å². The molecule has 0 aliphatic carbocycles. The van der Waals surface area contributed by atoms with Gasteiger partial charge in [-0.2, -0.15) is 0 Å². The first-order chi connectivity index (χ1) is 4.39. The molecular weight excluding hydrogens is 122 g/mol. The van der Waals surface area contributed by atoms with Gasteiger partial charge in [-0.05, 0) is 19.4 Å². The molecular formula is C9H19N. The summed E-state index contributed by atoms with van der Waals surface area (Å²) in [6.07, 6.45) is 0. The van der Waals surface area contributed by atoms with Gasteiger partial charge in [0.2, 0.25) is 0 Å². The molecule has 1 atom stereocenters. The van der Waals surface area contributed by atoms with Crippen molar-refractivity contribution in [2.24, 2.45) is 5.41 Å². The third kappa shape index (κ3) is 2.53. The van der Waals surface area contributed by atoms with Crippen LogP contribution < -0.4 is 5.32 Å². The van der Waals surface area contributed by atoms with E-state index in [1.807, 2.05) is 7.05 Å². The van der Waals surface area contributed by atoms with Crippen LogP contribution in [0.15, 0.2) is 12.2 Å². The van der Waals surface area contributed by atoms with E-state index in [4.69, 9.17) is 0 Å². The first kappa shape index (κ1) is 9.70. The van der Waals surface area contributed by atoms with Crippen LogP contribution >= 0.6 is 0 Å². The maximum atomic E-state index is 3.93. The van der Waals surface area contributed by atoms with Gasteiger partial charge < -0.3 is 5.32 Å². The molecule has 0 bridgehead atoms. The SMILES string of the molecule is C=C(C)C(NC)C(C)(C)C. The average molecular weight is 141 g/mol. The topological polar surface area (TPSA) is 12.0 Å². The maximum Gasteiger partial charge on any atom is 0.0320 e. The zero-order chi connectivity index (χ0) is 8.36. The van der Waals surface area contributed by atoms with Crippen molar-refractivity contribution < 1.29 is 0 Å². The predicted octanol–water partition coefficient (Wildman–Crippen LogP) is 2.20. The minimum absolute atomic E-state index is 0.278. The first-order valence-electron chi connectivity index (χ1n) is 3.72. The van der Waals surface area contributed by atoms with E-state index in [1.54, 1.807) is 0 Å². The van der Waals surface area contributed by atoms with Crippen LogP contribution in [-0.4, -0.2) is 13.1 Å². The largest absolute Gasteiger partial charge is 0.313 e. The summed E-state index contributed by atoms with van der Waals surface area (Å²) in [7, 11) is 1.98. The van der Waals surface area contributed by atoms with Gasteiger partial charge in [0, 0.05) is 6.04 Å². The summed E-state index contributed by atoms with van der Waals surface area (Å²) >= 11 is 0. The summed E-state index contributed by atoms with van der Waals surface area (Å²) in [5, 5.41) is 3.24. The van der Waals surface area contributed by atoms with Crippen molar-refractivity contribution in [1.29, 1.82) is 0 Å². The molecule has 1 heteroatoms. The zero-order valence-corrected chi connectivity index (χ0v) is 7.78. The Hall–Kier alpha value is -0.300. The fraction of sp³-hybridized carbons (Fsp3) is 0.778. The summed E-state index contributed by atoms with van der Waals surface area (Å²) < 4.78 is 0. The highest BCUT2D eigenvalue weighted by atomic mass is 14.9. The van der Waals surface area contributed by atoms with E-state index in [-0.39, 0.29) is 5.41 Å². The quantitative estimate of drug-likeness (QED) is 0.581. The molecule has 0 rings (SSSR count). The van der Waals surface area contributed by atoms with Crippen molar-refractivity contribution in [3.05, 3.63) is 12.2 Å². The molecule has 0 fully saturated rings. The normalized spacial score (nSPS) is 14.9. The van der Waals surface area contributed by atoms with E-state index in [0.29, 0.717) is 6.04 Å². The molecule has 0 spiro atoms. The van der Waals surface area contributed by atoms with Crippen molar-refractivity contribution in [2.75, 3.05) is 7.05 Å². The van der Waals surface area contributed by atoms with Gasteiger partial charge in [0.15, 0.2) is 0 Å². The zero-order valence-electron chi connectivity index (χ0n) is 7.78. The first-order valence-corrected chi connectivity index (χ1v) is 3.72. The molecule has 60 valence electrons. The summed E-state index contributed by atoms with van der Waals surface area (Å²) in [5.74, 6) is 0. The summed E-state index contributed by atoms with van der Waals surface area (Å²) in [4.78, 5) is 0. The lowest BCUT2D eigenvalue weighted by molar-refractivity contribution is 0.316. The van der Waals surface area contributed by atoms with Crippen LogP contribution in [0.3, 0.4) is 0 Å². The average Bonchev–Trinajstić information content (AvgIpc) is 1.60. The highest BCUT2D eigenvalue weighted by Crippen LogP contribution is 2.23. The summed E-state index contributed by atoms with van der Waals surface area (Å²) in [6, 6.07) is 0.424. The minimum Gasteiger partial charge on any atom is -0.313 e. The molecule has 0 aliphatic rings. The Labute approximate surface area is 64.5 Å². The Morgan fingerprint density at radius 1 is 1.40 bits per heavy atom. The third-order valence-corrected chi connectivity index (χ3v) is 1.65. The van der Waals surface area contributed by atoms with Crippen LogP contribution in [-0.2, 0) is 0 Å². The van der Waals surface area contributed by atoms with E-state index in [1.165, 1.54) is 5.57 Å². The molecule has 1 nitrogen and oxygen atoms in total. The molecule has 0 amide bonds. The van der Waals surface area contributed by atoms with Crippen LogP contribution in [0.25, 0.3) is 0 Å². The molecule has 0 aromatic heterocycles. The smallest absolute Gasteiger partial charge is 0.0320 e. The van der Waals surface area contributed by atoms with Crippen molar-refractivity contribution in [1.82, 2.24) is 5.32 Å².